The van der Waals surface area contributed by atoms with Crippen molar-refractivity contribution in [2.45, 2.75) is 18.9 Å². The lowest BCUT2D eigenvalue weighted by atomic mass is 9.88. The second-order valence-electron chi connectivity index (χ2n) is 7.23. The molecular weight excluding hydrogens is 412 g/mol. The molecule has 0 saturated heterocycles. The third-order valence-corrected chi connectivity index (χ3v) is 5.92. The standard InChI is InChI=1S/C24H30N2O4S/c1-6-10-25-24(31)26-11-9-17-14-22(29-4)23(30-5)15-18(17)19(26)12-16-7-8-20(27-2)21(13-16)28-3/h6-8,13-15,19H,1,9-12H2,2-5H3,(H,25,31)/t19-/m1/s1. The van der Waals surface area contributed by atoms with E-state index in [2.05, 4.69) is 35.0 Å². The number of benzene rings is 2. The van der Waals surface area contributed by atoms with E-state index in [9.17, 15) is 0 Å². The van der Waals surface area contributed by atoms with Crippen LogP contribution in [0, 0.1) is 0 Å². The lowest BCUT2D eigenvalue weighted by Crippen LogP contribution is -2.46. The number of fused-ring (bicyclic) bond motifs is 1. The SMILES string of the molecule is C=CCNC(=S)N1CCc2cc(OC)c(OC)cc2[C@H]1Cc1ccc(OC)c(OC)c1. The number of thiocarbonyl (C=S) groups is 1. The van der Waals surface area contributed by atoms with E-state index in [4.69, 9.17) is 31.2 Å². The minimum atomic E-state index is 0.0338. The van der Waals surface area contributed by atoms with Gasteiger partial charge < -0.3 is 29.2 Å². The molecule has 0 amide bonds. The number of ether oxygens (including phenoxy) is 4. The Labute approximate surface area is 189 Å². The van der Waals surface area contributed by atoms with Gasteiger partial charge in [-0.1, -0.05) is 12.1 Å². The van der Waals surface area contributed by atoms with Crippen molar-refractivity contribution in [3.63, 3.8) is 0 Å². The minimum Gasteiger partial charge on any atom is -0.493 e. The Morgan fingerprint density at radius 2 is 1.68 bits per heavy atom. The van der Waals surface area contributed by atoms with Gasteiger partial charge in [-0.2, -0.15) is 0 Å². The van der Waals surface area contributed by atoms with E-state index in [0.29, 0.717) is 28.9 Å². The highest BCUT2D eigenvalue weighted by Gasteiger charge is 2.31. The summed E-state index contributed by atoms with van der Waals surface area (Å²) in [6.07, 6.45) is 3.42. The van der Waals surface area contributed by atoms with Crippen LogP contribution in [0.2, 0.25) is 0 Å². The highest BCUT2D eigenvalue weighted by molar-refractivity contribution is 7.80. The number of hydrogen-bond acceptors (Lipinski definition) is 5. The Bertz CT molecular complexity index is 947. The van der Waals surface area contributed by atoms with Crippen molar-refractivity contribution in [1.82, 2.24) is 10.2 Å². The van der Waals surface area contributed by atoms with Gasteiger partial charge in [0.25, 0.3) is 0 Å². The molecule has 0 fully saturated rings. The van der Waals surface area contributed by atoms with Crippen molar-refractivity contribution in [2.24, 2.45) is 0 Å². The maximum atomic E-state index is 5.73. The molecule has 0 spiro atoms. The summed E-state index contributed by atoms with van der Waals surface area (Å²) >= 11 is 5.73. The van der Waals surface area contributed by atoms with Gasteiger partial charge in [0.1, 0.15) is 0 Å². The quantitative estimate of drug-likeness (QED) is 0.491. The molecule has 0 aliphatic carbocycles. The number of methoxy groups -OCH3 is 4. The van der Waals surface area contributed by atoms with E-state index >= 15 is 0 Å². The van der Waals surface area contributed by atoms with Crippen LogP contribution >= 0.6 is 12.2 Å². The van der Waals surface area contributed by atoms with Crippen LogP contribution in [0.1, 0.15) is 22.7 Å². The summed E-state index contributed by atoms with van der Waals surface area (Å²) < 4.78 is 22.0. The first-order chi connectivity index (χ1) is 15.1. The van der Waals surface area contributed by atoms with Crippen LogP contribution in [0.25, 0.3) is 0 Å². The van der Waals surface area contributed by atoms with Crippen molar-refractivity contribution in [2.75, 3.05) is 41.5 Å². The van der Waals surface area contributed by atoms with Crippen LogP contribution in [0.3, 0.4) is 0 Å². The molecule has 1 aliphatic heterocycles. The summed E-state index contributed by atoms with van der Waals surface area (Å²) in [5.74, 6) is 2.88. The zero-order chi connectivity index (χ0) is 22.4. The third kappa shape index (κ3) is 4.88. The predicted octanol–water partition coefficient (Wildman–Crippen LogP) is 3.92. The van der Waals surface area contributed by atoms with Crippen LogP contribution in [-0.4, -0.2) is 51.5 Å². The Kier molecular flexibility index (Phi) is 7.63. The topological polar surface area (TPSA) is 52.2 Å². The Morgan fingerprint density at radius 1 is 1.03 bits per heavy atom. The second-order valence-corrected chi connectivity index (χ2v) is 7.62. The summed E-state index contributed by atoms with van der Waals surface area (Å²) in [5, 5.41) is 3.99. The highest BCUT2D eigenvalue weighted by atomic mass is 32.1. The number of rotatable bonds is 8. The molecule has 6 nitrogen and oxygen atoms in total. The van der Waals surface area contributed by atoms with E-state index in [-0.39, 0.29) is 6.04 Å². The first-order valence-corrected chi connectivity index (χ1v) is 10.6. The van der Waals surface area contributed by atoms with Gasteiger partial charge in [0.05, 0.1) is 34.5 Å². The van der Waals surface area contributed by atoms with E-state index in [1.54, 1.807) is 34.5 Å². The van der Waals surface area contributed by atoms with Crippen molar-refractivity contribution in [3.05, 3.63) is 59.7 Å². The van der Waals surface area contributed by atoms with E-state index in [1.807, 2.05) is 12.1 Å². The van der Waals surface area contributed by atoms with Gasteiger partial charge in [0.2, 0.25) is 0 Å². The van der Waals surface area contributed by atoms with Gasteiger partial charge in [-0.05, 0) is 66.0 Å². The molecule has 1 aliphatic rings. The predicted molar refractivity (Wildman–Crippen MR) is 127 cm³/mol. The van der Waals surface area contributed by atoms with Crippen molar-refractivity contribution < 1.29 is 18.9 Å². The molecule has 166 valence electrons. The Balaban J connectivity index is 2.03. The molecule has 1 N–H and O–H groups in total. The Hall–Kier alpha value is -2.93. The molecule has 0 saturated carbocycles. The Morgan fingerprint density at radius 3 is 2.32 bits per heavy atom. The number of hydrogen-bond donors (Lipinski definition) is 1. The molecule has 2 aromatic carbocycles. The average molecular weight is 443 g/mol. The maximum Gasteiger partial charge on any atom is 0.169 e. The van der Waals surface area contributed by atoms with E-state index in [1.165, 1.54) is 11.1 Å². The largest absolute Gasteiger partial charge is 0.493 e. The van der Waals surface area contributed by atoms with Crippen molar-refractivity contribution in [1.29, 1.82) is 0 Å². The summed E-state index contributed by atoms with van der Waals surface area (Å²) in [6, 6.07) is 10.2. The maximum absolute atomic E-state index is 5.73. The molecule has 1 heterocycles. The molecule has 0 aromatic heterocycles. The number of nitrogens with one attached hydrogen (secondary N) is 1. The fraction of sp³-hybridized carbons (Fsp3) is 0.375. The molecule has 1 atom stereocenters. The van der Waals surface area contributed by atoms with Gasteiger partial charge >= 0.3 is 0 Å². The molecule has 0 unspecified atom stereocenters. The average Bonchev–Trinajstić information content (AvgIpc) is 2.81. The normalized spacial score (nSPS) is 15.0. The van der Waals surface area contributed by atoms with Gasteiger partial charge in [-0.25, -0.2) is 0 Å². The number of nitrogens with zero attached hydrogens (tertiary/aromatic N) is 1. The smallest absolute Gasteiger partial charge is 0.169 e. The molecule has 2 aromatic rings. The van der Waals surface area contributed by atoms with E-state index < -0.39 is 0 Å². The molecule has 0 bridgehead atoms. The zero-order valence-corrected chi connectivity index (χ0v) is 19.4. The second kappa shape index (κ2) is 10.4. The zero-order valence-electron chi connectivity index (χ0n) is 18.6. The summed E-state index contributed by atoms with van der Waals surface area (Å²) in [5.41, 5.74) is 3.55. The monoisotopic (exact) mass is 442 g/mol. The molecular formula is C24H30N2O4S. The fourth-order valence-electron chi connectivity index (χ4n) is 3.98. The first-order valence-electron chi connectivity index (χ1n) is 10.2. The first kappa shape index (κ1) is 22.7. The molecule has 0 radical (unpaired) electrons. The third-order valence-electron chi connectivity index (χ3n) is 5.54. The minimum absolute atomic E-state index is 0.0338. The van der Waals surface area contributed by atoms with Crippen LogP contribution < -0.4 is 24.3 Å². The summed E-state index contributed by atoms with van der Waals surface area (Å²) in [6.45, 7) is 5.21. The van der Waals surface area contributed by atoms with Crippen molar-refractivity contribution in [3.8, 4) is 23.0 Å². The molecule has 3 rings (SSSR count). The van der Waals surface area contributed by atoms with Crippen LogP contribution in [0.15, 0.2) is 43.0 Å². The molecule has 7 heteroatoms. The fourth-order valence-corrected chi connectivity index (χ4v) is 4.29. The highest BCUT2D eigenvalue weighted by Crippen LogP contribution is 2.40. The van der Waals surface area contributed by atoms with E-state index in [0.717, 1.165) is 30.7 Å². The van der Waals surface area contributed by atoms with Gasteiger partial charge in [-0.15, -0.1) is 6.58 Å². The lowest BCUT2D eigenvalue weighted by molar-refractivity contribution is 0.289. The summed E-state index contributed by atoms with van der Waals surface area (Å²) in [4.78, 5) is 2.24. The van der Waals surface area contributed by atoms with Crippen LogP contribution in [-0.2, 0) is 12.8 Å². The van der Waals surface area contributed by atoms with Gasteiger partial charge in [0, 0.05) is 13.1 Å². The lowest BCUT2D eigenvalue weighted by Gasteiger charge is -2.39. The van der Waals surface area contributed by atoms with Crippen LogP contribution in [0.5, 0.6) is 23.0 Å². The van der Waals surface area contributed by atoms with Gasteiger partial charge in [-0.3, -0.25) is 0 Å². The molecule has 31 heavy (non-hydrogen) atoms. The van der Waals surface area contributed by atoms with Gasteiger partial charge in [0.15, 0.2) is 28.1 Å². The summed E-state index contributed by atoms with van der Waals surface area (Å²) in [7, 11) is 6.61. The van der Waals surface area contributed by atoms with Crippen molar-refractivity contribution >= 4 is 17.3 Å². The van der Waals surface area contributed by atoms with Crippen LogP contribution in [0.4, 0.5) is 0 Å².